The maximum atomic E-state index is 11.6. The van der Waals surface area contributed by atoms with E-state index in [0.29, 0.717) is 18.6 Å². The fraction of sp³-hybridized carbons (Fsp3) is 0.870. The second-order valence-electron chi connectivity index (χ2n) is 7.49. The van der Waals surface area contributed by atoms with Gasteiger partial charge in [0.25, 0.3) is 0 Å². The average molecular weight is 369 g/mol. The summed E-state index contributed by atoms with van der Waals surface area (Å²) in [5.41, 5.74) is 0.597. The minimum Gasteiger partial charge on any atom is -0.462 e. The topological polar surface area (TPSA) is 46.5 Å². The van der Waals surface area contributed by atoms with Crippen LogP contribution in [-0.2, 0) is 9.53 Å². The van der Waals surface area contributed by atoms with Crippen LogP contribution in [0.15, 0.2) is 11.6 Å². The Morgan fingerprint density at radius 2 is 1.19 bits per heavy atom. The summed E-state index contributed by atoms with van der Waals surface area (Å²) in [7, 11) is 0. The van der Waals surface area contributed by atoms with Crippen molar-refractivity contribution in [2.75, 3.05) is 13.2 Å². The van der Waals surface area contributed by atoms with Gasteiger partial charge in [0.2, 0.25) is 0 Å². The lowest BCUT2D eigenvalue weighted by molar-refractivity contribution is -0.139. The quantitative estimate of drug-likeness (QED) is 0.156. The molecule has 0 spiro atoms. The van der Waals surface area contributed by atoms with E-state index in [4.69, 9.17) is 9.84 Å². The maximum absolute atomic E-state index is 11.6. The van der Waals surface area contributed by atoms with Gasteiger partial charge in [0.05, 0.1) is 6.61 Å². The van der Waals surface area contributed by atoms with E-state index in [-0.39, 0.29) is 12.6 Å². The normalized spacial score (nSPS) is 11.7. The van der Waals surface area contributed by atoms with E-state index in [1.807, 2.05) is 0 Å². The summed E-state index contributed by atoms with van der Waals surface area (Å²) in [6.07, 6.45) is 22.3. The fourth-order valence-corrected chi connectivity index (χ4v) is 3.12. The molecular formula is C23H44O3. The van der Waals surface area contributed by atoms with Crippen molar-refractivity contribution < 1.29 is 14.6 Å². The van der Waals surface area contributed by atoms with E-state index in [1.54, 1.807) is 13.0 Å². The third-order valence-corrected chi connectivity index (χ3v) is 4.88. The van der Waals surface area contributed by atoms with Gasteiger partial charge in [-0.25, -0.2) is 4.79 Å². The van der Waals surface area contributed by atoms with Crippen molar-refractivity contribution in [2.45, 2.75) is 117 Å². The predicted molar refractivity (Wildman–Crippen MR) is 111 cm³/mol. The molecule has 0 aromatic carbocycles. The summed E-state index contributed by atoms with van der Waals surface area (Å²) in [6, 6.07) is 0. The molecular weight excluding hydrogens is 324 g/mol. The molecule has 0 atom stereocenters. The molecule has 0 bridgehead atoms. The zero-order valence-electron chi connectivity index (χ0n) is 17.6. The van der Waals surface area contributed by atoms with Crippen molar-refractivity contribution in [1.82, 2.24) is 0 Å². The second kappa shape index (κ2) is 20.5. The highest BCUT2D eigenvalue weighted by Gasteiger charge is 2.04. The van der Waals surface area contributed by atoms with Gasteiger partial charge in [-0.15, -0.1) is 0 Å². The molecule has 154 valence electrons. The number of esters is 1. The maximum Gasteiger partial charge on any atom is 0.333 e. The number of hydrogen-bond acceptors (Lipinski definition) is 3. The second-order valence-corrected chi connectivity index (χ2v) is 7.49. The van der Waals surface area contributed by atoms with Crippen LogP contribution >= 0.6 is 0 Å². The highest BCUT2D eigenvalue weighted by molar-refractivity contribution is 5.87. The van der Waals surface area contributed by atoms with Crippen LogP contribution in [0.4, 0.5) is 0 Å². The minimum atomic E-state index is -0.246. The molecule has 26 heavy (non-hydrogen) atoms. The van der Waals surface area contributed by atoms with Crippen LogP contribution in [0, 0.1) is 0 Å². The van der Waals surface area contributed by atoms with E-state index < -0.39 is 0 Å². The molecule has 0 saturated carbocycles. The number of unbranched alkanes of at least 4 members (excludes halogenated alkanes) is 14. The van der Waals surface area contributed by atoms with Crippen molar-refractivity contribution in [1.29, 1.82) is 0 Å². The first kappa shape index (κ1) is 25.2. The third kappa shape index (κ3) is 18.0. The van der Waals surface area contributed by atoms with E-state index in [9.17, 15) is 4.79 Å². The SMILES string of the molecule is CCCCCCCCCCCCCCCCCOC(=O)C(C)=CCCO. The molecule has 0 aliphatic carbocycles. The van der Waals surface area contributed by atoms with Gasteiger partial charge in [0.1, 0.15) is 0 Å². The van der Waals surface area contributed by atoms with Gasteiger partial charge in [0.15, 0.2) is 0 Å². The largest absolute Gasteiger partial charge is 0.462 e. The van der Waals surface area contributed by atoms with Gasteiger partial charge in [-0.2, -0.15) is 0 Å². The minimum absolute atomic E-state index is 0.0731. The Hall–Kier alpha value is -0.830. The Balaban J connectivity index is 3.21. The molecule has 0 heterocycles. The lowest BCUT2D eigenvalue weighted by Crippen LogP contribution is -2.07. The van der Waals surface area contributed by atoms with Gasteiger partial charge in [-0.05, 0) is 19.8 Å². The van der Waals surface area contributed by atoms with E-state index in [0.717, 1.165) is 12.8 Å². The molecule has 0 unspecified atom stereocenters. The van der Waals surface area contributed by atoms with Crippen molar-refractivity contribution in [3.63, 3.8) is 0 Å². The molecule has 0 radical (unpaired) electrons. The monoisotopic (exact) mass is 368 g/mol. The molecule has 0 aliphatic heterocycles. The van der Waals surface area contributed by atoms with Crippen molar-refractivity contribution in [2.24, 2.45) is 0 Å². The van der Waals surface area contributed by atoms with Crippen LogP contribution in [0.1, 0.15) is 117 Å². The lowest BCUT2D eigenvalue weighted by atomic mass is 10.0. The number of carbonyl (C=O) groups is 1. The molecule has 0 saturated heterocycles. The molecule has 0 amide bonds. The summed E-state index contributed by atoms with van der Waals surface area (Å²) in [6.45, 7) is 4.60. The fourth-order valence-electron chi connectivity index (χ4n) is 3.12. The summed E-state index contributed by atoms with van der Waals surface area (Å²) < 4.78 is 5.23. The van der Waals surface area contributed by atoms with Gasteiger partial charge in [-0.1, -0.05) is 103 Å². The summed E-state index contributed by atoms with van der Waals surface area (Å²) >= 11 is 0. The number of aliphatic hydroxyl groups is 1. The molecule has 3 heteroatoms. The van der Waals surface area contributed by atoms with Gasteiger partial charge in [-0.3, -0.25) is 0 Å². The smallest absolute Gasteiger partial charge is 0.333 e. The first-order valence-electron chi connectivity index (χ1n) is 11.2. The first-order valence-corrected chi connectivity index (χ1v) is 11.2. The molecule has 0 rings (SSSR count). The van der Waals surface area contributed by atoms with Crippen LogP contribution in [-0.4, -0.2) is 24.3 Å². The highest BCUT2D eigenvalue weighted by Crippen LogP contribution is 2.13. The molecule has 0 aromatic heterocycles. The number of carbonyl (C=O) groups excluding carboxylic acids is 1. The zero-order chi connectivity index (χ0) is 19.3. The molecule has 0 aliphatic rings. The lowest BCUT2D eigenvalue weighted by Gasteiger charge is -2.05. The first-order chi connectivity index (χ1) is 12.7. The third-order valence-electron chi connectivity index (χ3n) is 4.88. The highest BCUT2D eigenvalue weighted by atomic mass is 16.5. The number of rotatable bonds is 19. The summed E-state index contributed by atoms with van der Waals surface area (Å²) in [4.78, 5) is 11.6. The van der Waals surface area contributed by atoms with Crippen LogP contribution in [0.25, 0.3) is 0 Å². The Labute approximate surface area is 162 Å². The molecule has 0 fully saturated rings. The number of hydrogen-bond donors (Lipinski definition) is 1. The Morgan fingerprint density at radius 1 is 0.769 bits per heavy atom. The van der Waals surface area contributed by atoms with Crippen molar-refractivity contribution in [3.05, 3.63) is 11.6 Å². The van der Waals surface area contributed by atoms with Crippen LogP contribution in [0.2, 0.25) is 0 Å². The number of aliphatic hydroxyl groups excluding tert-OH is 1. The van der Waals surface area contributed by atoms with Crippen LogP contribution < -0.4 is 0 Å². The molecule has 0 aromatic rings. The molecule has 3 nitrogen and oxygen atoms in total. The van der Waals surface area contributed by atoms with Crippen molar-refractivity contribution in [3.8, 4) is 0 Å². The van der Waals surface area contributed by atoms with Crippen molar-refractivity contribution >= 4 is 5.97 Å². The van der Waals surface area contributed by atoms with E-state index in [2.05, 4.69) is 6.92 Å². The summed E-state index contributed by atoms with van der Waals surface area (Å²) in [5.74, 6) is -0.246. The van der Waals surface area contributed by atoms with Gasteiger partial charge >= 0.3 is 5.97 Å². The van der Waals surface area contributed by atoms with Gasteiger partial charge < -0.3 is 9.84 Å². The predicted octanol–water partition coefficient (Wildman–Crippen LogP) is 6.73. The Kier molecular flexibility index (Phi) is 19.8. The van der Waals surface area contributed by atoms with E-state index in [1.165, 1.54) is 83.5 Å². The zero-order valence-corrected chi connectivity index (χ0v) is 17.6. The van der Waals surface area contributed by atoms with Gasteiger partial charge in [0, 0.05) is 12.2 Å². The van der Waals surface area contributed by atoms with Crippen LogP contribution in [0.3, 0.4) is 0 Å². The summed E-state index contributed by atoms with van der Waals surface area (Å²) in [5, 5.41) is 8.73. The number of ether oxygens (including phenoxy) is 1. The standard InChI is InChI=1S/C23H44O3/c1-3-4-5-6-7-8-9-10-11-12-13-14-15-16-17-21-26-23(25)22(2)19-18-20-24/h19,24H,3-18,20-21H2,1-2H3. The molecule has 1 N–H and O–H groups in total. The Bertz CT molecular complexity index is 336. The average Bonchev–Trinajstić information content (AvgIpc) is 2.65. The van der Waals surface area contributed by atoms with E-state index >= 15 is 0 Å². The Morgan fingerprint density at radius 3 is 1.62 bits per heavy atom. The van der Waals surface area contributed by atoms with Crippen LogP contribution in [0.5, 0.6) is 0 Å².